The predicted molar refractivity (Wildman–Crippen MR) is 143 cm³/mol. The summed E-state index contributed by atoms with van der Waals surface area (Å²) in [6.07, 6.45) is 4.33. The van der Waals surface area contributed by atoms with Gasteiger partial charge >= 0.3 is 0 Å². The summed E-state index contributed by atoms with van der Waals surface area (Å²) in [5.74, 6) is -0.0267. The fourth-order valence-corrected chi connectivity index (χ4v) is 8.56. The summed E-state index contributed by atoms with van der Waals surface area (Å²) in [6, 6.07) is 20.6. The minimum atomic E-state index is -0.397. The van der Waals surface area contributed by atoms with E-state index in [1.165, 1.54) is 0 Å². The Hall–Kier alpha value is -2.82. The fourth-order valence-electron chi connectivity index (χ4n) is 5.42. The topological polar surface area (TPSA) is 34.1 Å². The molecule has 0 aromatic heterocycles. The molecule has 2 nitrogen and oxygen atoms in total. The summed E-state index contributed by atoms with van der Waals surface area (Å²) < 4.78 is -0.795. The van der Waals surface area contributed by atoms with E-state index < -0.39 is 9.49 Å². The first-order chi connectivity index (χ1) is 16.3. The SMILES string of the molecule is CC1=C(C)C(=O)C2=C3C=C(c4ccccc4)S[C@@]3(C)[C@]3(C)SC(c4ccccc4)=CC3=C2C1=O. The molecule has 0 saturated carbocycles. The smallest absolute Gasteiger partial charge is 0.190 e. The average Bonchev–Trinajstić information content (AvgIpc) is 3.41. The third kappa shape index (κ3) is 2.73. The number of benzene rings is 2. The van der Waals surface area contributed by atoms with Gasteiger partial charge in [-0.05, 0) is 62.1 Å². The molecule has 0 radical (unpaired) electrons. The Morgan fingerprint density at radius 3 is 1.29 bits per heavy atom. The molecule has 2 heterocycles. The van der Waals surface area contributed by atoms with Gasteiger partial charge in [0.05, 0.1) is 9.49 Å². The maximum absolute atomic E-state index is 13.7. The van der Waals surface area contributed by atoms with Crippen LogP contribution in [0.1, 0.15) is 38.8 Å². The van der Waals surface area contributed by atoms with E-state index in [-0.39, 0.29) is 11.6 Å². The quantitative estimate of drug-likeness (QED) is 0.456. The van der Waals surface area contributed by atoms with Crippen LogP contribution in [-0.4, -0.2) is 21.1 Å². The highest BCUT2D eigenvalue weighted by Crippen LogP contribution is 2.69. The minimum Gasteiger partial charge on any atom is -0.289 e. The fraction of sp³-hybridized carbons (Fsp3) is 0.200. The minimum absolute atomic E-state index is 0.0133. The molecule has 2 aliphatic carbocycles. The van der Waals surface area contributed by atoms with Gasteiger partial charge in [0.15, 0.2) is 11.6 Å². The van der Waals surface area contributed by atoms with E-state index in [0.717, 1.165) is 32.1 Å². The van der Waals surface area contributed by atoms with Gasteiger partial charge in [-0.1, -0.05) is 60.7 Å². The molecule has 2 aromatic rings. The molecule has 0 fully saturated rings. The van der Waals surface area contributed by atoms with Crippen LogP contribution >= 0.6 is 23.5 Å². The maximum Gasteiger partial charge on any atom is 0.190 e. The third-order valence-corrected chi connectivity index (χ3v) is 11.1. The lowest BCUT2D eigenvalue weighted by Gasteiger charge is -2.47. The number of Topliss-reactive ketones (excluding diaryl/α,β-unsaturated/α-hetero) is 2. The summed E-state index contributed by atoms with van der Waals surface area (Å²) >= 11 is 3.64. The highest BCUT2D eigenvalue weighted by atomic mass is 32.2. The van der Waals surface area contributed by atoms with Crippen molar-refractivity contribution in [2.45, 2.75) is 37.2 Å². The number of thioether (sulfide) groups is 2. The van der Waals surface area contributed by atoms with E-state index in [9.17, 15) is 9.59 Å². The lowest BCUT2D eigenvalue weighted by Crippen LogP contribution is -2.49. The van der Waals surface area contributed by atoms with Crippen molar-refractivity contribution in [2.75, 3.05) is 0 Å². The predicted octanol–water partition coefficient (Wildman–Crippen LogP) is 7.17. The number of hydrogen-bond acceptors (Lipinski definition) is 4. The zero-order valence-corrected chi connectivity index (χ0v) is 21.2. The van der Waals surface area contributed by atoms with Gasteiger partial charge in [-0.3, -0.25) is 9.59 Å². The van der Waals surface area contributed by atoms with Crippen molar-refractivity contribution >= 4 is 44.9 Å². The lowest BCUT2D eigenvalue weighted by molar-refractivity contribution is -0.116. The van der Waals surface area contributed by atoms with Gasteiger partial charge in [0.2, 0.25) is 0 Å². The van der Waals surface area contributed by atoms with Crippen LogP contribution in [0.4, 0.5) is 0 Å². The maximum atomic E-state index is 13.7. The van der Waals surface area contributed by atoms with Crippen LogP contribution in [0.15, 0.2) is 106 Å². The van der Waals surface area contributed by atoms with E-state index in [1.54, 1.807) is 13.8 Å². The molecule has 0 amide bonds. The van der Waals surface area contributed by atoms with Crippen molar-refractivity contribution < 1.29 is 9.59 Å². The van der Waals surface area contributed by atoms with Gasteiger partial charge in [-0.15, -0.1) is 23.5 Å². The van der Waals surface area contributed by atoms with Gasteiger partial charge in [-0.2, -0.15) is 0 Å². The second kappa shape index (κ2) is 7.34. The molecule has 4 aliphatic rings. The van der Waals surface area contributed by atoms with E-state index in [4.69, 9.17) is 0 Å². The van der Waals surface area contributed by atoms with Gasteiger partial charge in [0.25, 0.3) is 0 Å². The Labute approximate surface area is 208 Å². The summed E-state index contributed by atoms with van der Waals surface area (Å²) in [4.78, 5) is 29.7. The summed E-state index contributed by atoms with van der Waals surface area (Å²) in [7, 11) is 0. The normalized spacial score (nSPS) is 28.1. The molecule has 0 spiro atoms. The first kappa shape index (κ1) is 21.7. The standard InChI is InChI=1S/C30H24O2S2/c1-17-18(2)28(32)26-22-16-24(20-13-9-6-10-14-20)34-30(22,4)29(3)21(25(26)27(17)31)15-23(33-29)19-11-7-5-8-12-19/h5-16H,1-4H3/t29-,30-/m1/s1. The molecule has 4 heteroatoms. The lowest BCUT2D eigenvalue weighted by atomic mass is 9.66. The summed E-state index contributed by atoms with van der Waals surface area (Å²) in [5, 5.41) is 0. The number of allylic oxidation sites excluding steroid dienone is 6. The molecule has 0 unspecified atom stereocenters. The second-order valence-corrected chi connectivity index (χ2v) is 12.4. The van der Waals surface area contributed by atoms with Crippen molar-refractivity contribution in [1.82, 2.24) is 0 Å². The Morgan fingerprint density at radius 1 is 0.588 bits per heavy atom. The molecule has 2 aromatic carbocycles. The van der Waals surface area contributed by atoms with Crippen LogP contribution < -0.4 is 0 Å². The van der Waals surface area contributed by atoms with Crippen molar-refractivity contribution in [3.63, 3.8) is 0 Å². The van der Waals surface area contributed by atoms with Gasteiger partial charge in [-0.25, -0.2) is 0 Å². The van der Waals surface area contributed by atoms with Crippen LogP contribution in [0.2, 0.25) is 0 Å². The van der Waals surface area contributed by atoms with E-state index in [2.05, 4.69) is 50.3 Å². The molecule has 2 aliphatic heterocycles. The van der Waals surface area contributed by atoms with Crippen LogP contribution in [-0.2, 0) is 9.59 Å². The highest BCUT2D eigenvalue weighted by molar-refractivity contribution is 8.14. The number of carbonyl (C=O) groups excluding carboxylic acids is 2. The number of rotatable bonds is 2. The molecular formula is C30H24O2S2. The van der Waals surface area contributed by atoms with Crippen molar-refractivity contribution in [3.8, 4) is 0 Å². The van der Waals surface area contributed by atoms with Gasteiger partial charge < -0.3 is 0 Å². The van der Waals surface area contributed by atoms with Gasteiger partial charge in [0.1, 0.15) is 0 Å². The van der Waals surface area contributed by atoms with Crippen molar-refractivity contribution in [2.24, 2.45) is 0 Å². The number of ketones is 2. The van der Waals surface area contributed by atoms with Crippen LogP contribution in [0.25, 0.3) is 9.81 Å². The Morgan fingerprint density at radius 2 is 0.941 bits per heavy atom. The zero-order chi connectivity index (χ0) is 23.8. The second-order valence-electron chi connectivity index (χ2n) is 9.51. The van der Waals surface area contributed by atoms with Crippen LogP contribution in [0, 0.1) is 0 Å². The third-order valence-electron chi connectivity index (χ3n) is 7.72. The van der Waals surface area contributed by atoms with Crippen LogP contribution in [0.5, 0.6) is 0 Å². The molecule has 0 bridgehead atoms. The van der Waals surface area contributed by atoms with E-state index >= 15 is 0 Å². The largest absolute Gasteiger partial charge is 0.289 e. The molecule has 2 atom stereocenters. The average molecular weight is 481 g/mol. The van der Waals surface area contributed by atoms with Crippen LogP contribution in [0.3, 0.4) is 0 Å². The molecular weight excluding hydrogens is 456 g/mol. The van der Waals surface area contributed by atoms with Gasteiger partial charge in [0, 0.05) is 32.1 Å². The number of hydrogen-bond donors (Lipinski definition) is 0. The Kier molecular flexibility index (Phi) is 4.68. The zero-order valence-electron chi connectivity index (χ0n) is 19.6. The molecule has 0 N–H and O–H groups in total. The molecule has 34 heavy (non-hydrogen) atoms. The van der Waals surface area contributed by atoms with Crippen molar-refractivity contribution in [3.05, 3.63) is 117 Å². The summed E-state index contributed by atoms with van der Waals surface area (Å²) in [6.45, 7) is 8.06. The first-order valence-electron chi connectivity index (χ1n) is 11.5. The monoisotopic (exact) mass is 480 g/mol. The molecule has 0 saturated heterocycles. The molecule has 6 rings (SSSR count). The Balaban J connectivity index is 1.65. The first-order valence-corrected chi connectivity index (χ1v) is 13.1. The highest BCUT2D eigenvalue weighted by Gasteiger charge is 2.61. The van der Waals surface area contributed by atoms with E-state index in [0.29, 0.717) is 22.3 Å². The number of carbonyl (C=O) groups is 2. The molecule has 168 valence electrons. The van der Waals surface area contributed by atoms with E-state index in [1.807, 2.05) is 59.9 Å². The Bertz CT molecular complexity index is 1340. The van der Waals surface area contributed by atoms with Crippen molar-refractivity contribution in [1.29, 1.82) is 0 Å². The number of fused-ring (bicyclic) bond motifs is 4. The summed E-state index contributed by atoms with van der Waals surface area (Å²) in [5.41, 5.74) is 6.58.